The minimum Gasteiger partial charge on any atom is -0.396 e. The van der Waals surface area contributed by atoms with Crippen LogP contribution in [0, 0.1) is 11.8 Å². The number of rotatable bonds is 7. The molecule has 7 nitrogen and oxygen atoms in total. The van der Waals surface area contributed by atoms with Crippen LogP contribution < -0.4 is 10.6 Å². The Morgan fingerprint density at radius 1 is 1.28 bits per heavy atom. The van der Waals surface area contributed by atoms with Crippen LogP contribution >= 0.6 is 11.8 Å². The van der Waals surface area contributed by atoms with Gasteiger partial charge < -0.3 is 20.6 Å². The van der Waals surface area contributed by atoms with Crippen molar-refractivity contribution in [1.29, 1.82) is 0 Å². The largest absolute Gasteiger partial charge is 0.396 e. The van der Waals surface area contributed by atoms with E-state index in [1.165, 1.54) is 0 Å². The maximum Gasteiger partial charge on any atom is 0.244 e. The smallest absolute Gasteiger partial charge is 0.244 e. The average Bonchev–Trinajstić information content (AvgIpc) is 3.38. The second-order valence-electron chi connectivity index (χ2n) is 7.98. The molecular formula is C21H27N3O4S. The Morgan fingerprint density at radius 2 is 2.03 bits per heavy atom. The molecule has 0 radical (unpaired) electrons. The molecule has 156 valence electrons. The van der Waals surface area contributed by atoms with Crippen molar-refractivity contribution in [2.75, 3.05) is 20.2 Å². The normalized spacial score (nSPS) is 32.3. The Kier molecular flexibility index (Phi) is 5.57. The molecule has 3 amide bonds. The van der Waals surface area contributed by atoms with E-state index in [0.29, 0.717) is 19.5 Å². The van der Waals surface area contributed by atoms with Crippen LogP contribution in [-0.4, -0.2) is 64.0 Å². The van der Waals surface area contributed by atoms with Gasteiger partial charge in [-0.2, -0.15) is 0 Å². The van der Waals surface area contributed by atoms with Crippen LogP contribution in [0.1, 0.15) is 24.8 Å². The van der Waals surface area contributed by atoms with Crippen LogP contribution in [0.25, 0.3) is 0 Å². The van der Waals surface area contributed by atoms with Crippen molar-refractivity contribution in [3.05, 3.63) is 35.9 Å². The molecule has 2 bridgehead atoms. The summed E-state index contributed by atoms with van der Waals surface area (Å²) in [6.45, 7) is 0.670. The molecule has 3 heterocycles. The number of fused-ring (bicyclic) bond motifs is 1. The van der Waals surface area contributed by atoms with E-state index < -0.39 is 22.6 Å². The lowest BCUT2D eigenvalue weighted by Gasteiger charge is -2.34. The zero-order valence-corrected chi connectivity index (χ0v) is 17.3. The first-order valence-corrected chi connectivity index (χ1v) is 11.0. The lowest BCUT2D eigenvalue weighted by Crippen LogP contribution is -2.53. The van der Waals surface area contributed by atoms with E-state index >= 15 is 0 Å². The Balaban J connectivity index is 1.62. The fourth-order valence-electron chi connectivity index (χ4n) is 5.28. The Morgan fingerprint density at radius 3 is 2.72 bits per heavy atom. The van der Waals surface area contributed by atoms with Crippen molar-refractivity contribution in [2.24, 2.45) is 11.8 Å². The number of hydrogen-bond donors (Lipinski definition) is 3. The average molecular weight is 418 g/mol. The fourth-order valence-corrected chi connectivity index (χ4v) is 7.50. The van der Waals surface area contributed by atoms with Crippen molar-refractivity contribution in [3.8, 4) is 0 Å². The highest BCUT2D eigenvalue weighted by Gasteiger charge is 2.73. The molecule has 3 aliphatic rings. The van der Waals surface area contributed by atoms with Gasteiger partial charge in [-0.25, -0.2) is 0 Å². The van der Waals surface area contributed by atoms with Crippen LogP contribution in [-0.2, 0) is 20.9 Å². The molecule has 29 heavy (non-hydrogen) atoms. The number of thioether (sulfide) groups is 1. The zero-order chi connectivity index (χ0) is 20.6. The van der Waals surface area contributed by atoms with E-state index in [-0.39, 0.29) is 29.6 Å². The number of hydrogen-bond acceptors (Lipinski definition) is 5. The lowest BCUT2D eigenvalue weighted by atomic mass is 9.71. The van der Waals surface area contributed by atoms with Crippen LogP contribution in [0.3, 0.4) is 0 Å². The number of likely N-dealkylation sites (tertiary alicyclic amines) is 1. The molecule has 2 unspecified atom stereocenters. The quantitative estimate of drug-likeness (QED) is 0.601. The Hall–Kier alpha value is -2.06. The standard InChI is InChI=1S/C21H27N3O4S/c1-22-18(26)15-14-8-9-21(29-14)16(15)20(28)24(10-5-11-25)17(21)19(27)23-12-13-6-3-2-4-7-13/h2-4,6-7,14-17,25H,5,8-12H2,1H3,(H,22,26)(H,23,27)/t14-,15+,16-,17?,21?/m0/s1. The molecule has 4 rings (SSSR count). The molecule has 3 N–H and O–H groups in total. The van der Waals surface area contributed by atoms with Crippen molar-refractivity contribution < 1.29 is 19.5 Å². The molecule has 3 saturated heterocycles. The first-order chi connectivity index (χ1) is 14.0. The molecule has 0 aromatic heterocycles. The summed E-state index contributed by atoms with van der Waals surface area (Å²) in [5, 5.41) is 15.1. The van der Waals surface area contributed by atoms with Gasteiger partial charge in [-0.3, -0.25) is 14.4 Å². The number of amides is 3. The first-order valence-electron chi connectivity index (χ1n) is 10.2. The van der Waals surface area contributed by atoms with E-state index in [9.17, 15) is 19.5 Å². The van der Waals surface area contributed by atoms with Crippen molar-refractivity contribution in [2.45, 2.75) is 41.8 Å². The van der Waals surface area contributed by atoms with Gasteiger partial charge in [-0.05, 0) is 24.8 Å². The van der Waals surface area contributed by atoms with Gasteiger partial charge in [-0.1, -0.05) is 30.3 Å². The lowest BCUT2D eigenvalue weighted by molar-refractivity contribution is -0.140. The first kappa shape index (κ1) is 20.2. The molecular weight excluding hydrogens is 390 g/mol. The highest BCUT2D eigenvalue weighted by molar-refractivity contribution is 8.02. The topological polar surface area (TPSA) is 98.7 Å². The Bertz CT molecular complexity index is 804. The molecule has 3 fully saturated rings. The number of carbonyl (C=O) groups excluding carboxylic acids is 3. The summed E-state index contributed by atoms with van der Waals surface area (Å²) < 4.78 is -0.560. The van der Waals surface area contributed by atoms with Crippen molar-refractivity contribution in [1.82, 2.24) is 15.5 Å². The minimum atomic E-state index is -0.611. The molecule has 1 aromatic rings. The van der Waals surface area contributed by atoms with E-state index in [1.807, 2.05) is 30.3 Å². The molecule has 1 spiro atoms. The van der Waals surface area contributed by atoms with E-state index in [0.717, 1.165) is 18.4 Å². The number of benzene rings is 1. The van der Waals surface area contributed by atoms with Crippen LogP contribution in [0.2, 0.25) is 0 Å². The Labute approximate surface area is 174 Å². The molecule has 1 aromatic carbocycles. The van der Waals surface area contributed by atoms with Crippen LogP contribution in [0.4, 0.5) is 0 Å². The summed E-state index contributed by atoms with van der Waals surface area (Å²) in [6.07, 6.45) is 2.00. The SMILES string of the molecule is CNC(=O)[C@@H]1[C@@H]2CCC3(S2)C(C(=O)NCc2ccccc2)N(CCCO)C(=O)[C@H]13. The van der Waals surface area contributed by atoms with E-state index in [1.54, 1.807) is 23.7 Å². The van der Waals surface area contributed by atoms with Crippen LogP contribution in [0.5, 0.6) is 0 Å². The maximum atomic E-state index is 13.4. The maximum absolute atomic E-state index is 13.4. The zero-order valence-electron chi connectivity index (χ0n) is 16.5. The van der Waals surface area contributed by atoms with Crippen LogP contribution in [0.15, 0.2) is 30.3 Å². The third-order valence-corrected chi connectivity index (χ3v) is 8.42. The summed E-state index contributed by atoms with van der Waals surface area (Å²) in [7, 11) is 1.60. The van der Waals surface area contributed by atoms with Gasteiger partial charge in [0.2, 0.25) is 17.7 Å². The number of nitrogens with one attached hydrogen (secondary N) is 2. The number of carbonyl (C=O) groups is 3. The molecule has 0 aliphatic carbocycles. The molecule has 3 aliphatic heterocycles. The molecule has 0 saturated carbocycles. The number of nitrogens with zero attached hydrogens (tertiary/aromatic N) is 1. The third-order valence-electron chi connectivity index (χ3n) is 6.46. The van der Waals surface area contributed by atoms with Gasteiger partial charge in [0.05, 0.1) is 16.6 Å². The van der Waals surface area contributed by atoms with E-state index in [2.05, 4.69) is 10.6 Å². The second kappa shape index (κ2) is 7.99. The predicted molar refractivity (Wildman–Crippen MR) is 110 cm³/mol. The van der Waals surface area contributed by atoms with Gasteiger partial charge in [0.1, 0.15) is 6.04 Å². The highest BCUT2D eigenvalue weighted by Crippen LogP contribution is 2.66. The fraction of sp³-hybridized carbons (Fsp3) is 0.571. The van der Waals surface area contributed by atoms with E-state index in [4.69, 9.17) is 0 Å². The number of aliphatic hydroxyl groups is 1. The second-order valence-corrected chi connectivity index (χ2v) is 9.58. The number of aliphatic hydroxyl groups excluding tert-OH is 1. The highest BCUT2D eigenvalue weighted by atomic mass is 32.2. The summed E-state index contributed by atoms with van der Waals surface area (Å²) in [5.74, 6) is -1.28. The predicted octanol–water partition coefficient (Wildman–Crippen LogP) is 0.522. The molecule has 5 atom stereocenters. The summed E-state index contributed by atoms with van der Waals surface area (Å²) in [6, 6.07) is 9.05. The monoisotopic (exact) mass is 417 g/mol. The minimum absolute atomic E-state index is 0.0472. The summed E-state index contributed by atoms with van der Waals surface area (Å²) in [5.41, 5.74) is 0.993. The van der Waals surface area contributed by atoms with Gasteiger partial charge in [0, 0.05) is 32.0 Å². The van der Waals surface area contributed by atoms with Crippen molar-refractivity contribution in [3.63, 3.8) is 0 Å². The summed E-state index contributed by atoms with van der Waals surface area (Å²) in [4.78, 5) is 40.9. The van der Waals surface area contributed by atoms with Gasteiger partial charge >= 0.3 is 0 Å². The van der Waals surface area contributed by atoms with Gasteiger partial charge in [0.15, 0.2) is 0 Å². The van der Waals surface area contributed by atoms with Gasteiger partial charge in [0.25, 0.3) is 0 Å². The summed E-state index contributed by atoms with van der Waals surface area (Å²) >= 11 is 1.65. The van der Waals surface area contributed by atoms with Crippen molar-refractivity contribution >= 4 is 29.5 Å². The third kappa shape index (κ3) is 3.22. The molecule has 8 heteroatoms. The van der Waals surface area contributed by atoms with Gasteiger partial charge in [-0.15, -0.1) is 11.8 Å².